The van der Waals surface area contributed by atoms with Crippen LogP contribution in [0.1, 0.15) is 28.4 Å². The van der Waals surface area contributed by atoms with E-state index in [9.17, 15) is 4.79 Å². The van der Waals surface area contributed by atoms with E-state index >= 15 is 0 Å². The molecule has 1 N–H and O–H groups in total. The molecule has 0 aromatic heterocycles. The van der Waals surface area contributed by atoms with Gasteiger partial charge in [0.2, 0.25) is 0 Å². The number of nitrogens with one attached hydrogen (secondary N) is 1. The minimum atomic E-state index is -0.257. The number of carbonyl (C=O) groups is 1. The molecule has 0 aliphatic carbocycles. The van der Waals surface area contributed by atoms with Gasteiger partial charge in [-0.3, -0.25) is 4.79 Å². The standard InChI is InChI=1S/C23H21ClN2O2S/c1-2-28-22-6-4-3-5-19(22)15-25-26-23(27)18-9-7-17(8-10-18)16-29-21-13-11-20(24)12-14-21/h3-15H,2,16H2,1H3,(H,26,27)/b25-15+. The van der Waals surface area contributed by atoms with Crippen LogP contribution in [0.4, 0.5) is 0 Å². The van der Waals surface area contributed by atoms with Gasteiger partial charge in [0.25, 0.3) is 5.91 Å². The molecule has 0 radical (unpaired) electrons. The Morgan fingerprint density at radius 1 is 1.07 bits per heavy atom. The van der Waals surface area contributed by atoms with Crippen LogP contribution < -0.4 is 10.2 Å². The molecule has 0 atom stereocenters. The molecule has 4 nitrogen and oxygen atoms in total. The van der Waals surface area contributed by atoms with E-state index in [1.807, 2.05) is 67.6 Å². The van der Waals surface area contributed by atoms with Gasteiger partial charge < -0.3 is 4.74 Å². The predicted molar refractivity (Wildman–Crippen MR) is 120 cm³/mol. The first kappa shape index (κ1) is 21.0. The molecule has 0 unspecified atom stereocenters. The first-order chi connectivity index (χ1) is 14.2. The maximum atomic E-state index is 12.3. The molecule has 3 aromatic rings. The summed E-state index contributed by atoms with van der Waals surface area (Å²) < 4.78 is 5.54. The second-order valence-corrected chi connectivity index (χ2v) is 7.59. The number of benzene rings is 3. The van der Waals surface area contributed by atoms with Crippen molar-refractivity contribution in [2.45, 2.75) is 17.6 Å². The third-order valence-corrected chi connectivity index (χ3v) is 5.36. The number of hydrazone groups is 1. The van der Waals surface area contributed by atoms with Crippen LogP contribution >= 0.6 is 23.4 Å². The molecular formula is C23H21ClN2O2S. The van der Waals surface area contributed by atoms with Gasteiger partial charge in [-0.15, -0.1) is 11.8 Å². The molecule has 0 spiro atoms. The fourth-order valence-corrected chi connectivity index (χ4v) is 3.53. The Labute approximate surface area is 179 Å². The van der Waals surface area contributed by atoms with Crippen molar-refractivity contribution in [3.05, 3.63) is 94.5 Å². The number of hydrogen-bond donors (Lipinski definition) is 1. The minimum Gasteiger partial charge on any atom is -0.493 e. The first-order valence-electron chi connectivity index (χ1n) is 9.18. The molecule has 0 fully saturated rings. The van der Waals surface area contributed by atoms with Crippen molar-refractivity contribution >= 4 is 35.5 Å². The number of rotatable bonds is 8. The Bertz CT molecular complexity index is 973. The molecule has 29 heavy (non-hydrogen) atoms. The van der Waals surface area contributed by atoms with Crippen molar-refractivity contribution < 1.29 is 9.53 Å². The Morgan fingerprint density at radius 3 is 2.52 bits per heavy atom. The number of amides is 1. The number of para-hydroxylation sites is 1. The quantitative estimate of drug-likeness (QED) is 0.282. The third kappa shape index (κ3) is 6.38. The van der Waals surface area contributed by atoms with Gasteiger partial charge in [0.05, 0.1) is 12.8 Å². The van der Waals surface area contributed by atoms with E-state index in [4.69, 9.17) is 16.3 Å². The van der Waals surface area contributed by atoms with Gasteiger partial charge in [0.15, 0.2) is 0 Å². The lowest BCUT2D eigenvalue weighted by molar-refractivity contribution is 0.0955. The summed E-state index contributed by atoms with van der Waals surface area (Å²) in [6.45, 7) is 2.49. The highest BCUT2D eigenvalue weighted by molar-refractivity contribution is 7.98. The Kier molecular flexibility index (Phi) is 7.73. The highest BCUT2D eigenvalue weighted by Gasteiger charge is 2.05. The van der Waals surface area contributed by atoms with E-state index < -0.39 is 0 Å². The molecule has 0 saturated carbocycles. The maximum Gasteiger partial charge on any atom is 0.271 e. The van der Waals surface area contributed by atoms with E-state index in [0.717, 1.165) is 32.5 Å². The molecule has 1 amide bonds. The van der Waals surface area contributed by atoms with Crippen LogP contribution in [-0.4, -0.2) is 18.7 Å². The van der Waals surface area contributed by atoms with Crippen LogP contribution in [0.3, 0.4) is 0 Å². The summed E-state index contributed by atoms with van der Waals surface area (Å²) in [6.07, 6.45) is 1.58. The smallest absolute Gasteiger partial charge is 0.271 e. The van der Waals surface area contributed by atoms with Crippen LogP contribution in [0.25, 0.3) is 0 Å². The summed E-state index contributed by atoms with van der Waals surface area (Å²) in [5, 5.41) is 4.78. The topological polar surface area (TPSA) is 50.7 Å². The van der Waals surface area contributed by atoms with E-state index in [1.165, 1.54) is 0 Å². The van der Waals surface area contributed by atoms with Gasteiger partial charge in [-0.1, -0.05) is 35.9 Å². The molecule has 6 heteroatoms. The van der Waals surface area contributed by atoms with Gasteiger partial charge in [-0.2, -0.15) is 5.10 Å². The Hall–Kier alpha value is -2.76. The monoisotopic (exact) mass is 424 g/mol. The molecule has 0 aliphatic heterocycles. The van der Waals surface area contributed by atoms with Gasteiger partial charge >= 0.3 is 0 Å². The van der Waals surface area contributed by atoms with E-state index in [-0.39, 0.29) is 5.91 Å². The molecule has 3 rings (SSSR count). The van der Waals surface area contributed by atoms with Crippen LogP contribution in [0.2, 0.25) is 5.02 Å². The zero-order chi connectivity index (χ0) is 20.5. The second kappa shape index (κ2) is 10.7. The predicted octanol–water partition coefficient (Wildman–Crippen LogP) is 5.79. The maximum absolute atomic E-state index is 12.3. The normalized spacial score (nSPS) is 10.8. The SMILES string of the molecule is CCOc1ccccc1/C=N/NC(=O)c1ccc(CSc2ccc(Cl)cc2)cc1. The zero-order valence-corrected chi connectivity index (χ0v) is 17.5. The number of hydrogen-bond acceptors (Lipinski definition) is 4. The van der Waals surface area contributed by atoms with Gasteiger partial charge in [-0.05, 0) is 61.0 Å². The van der Waals surface area contributed by atoms with Crippen LogP contribution in [0, 0.1) is 0 Å². The summed E-state index contributed by atoms with van der Waals surface area (Å²) in [5.41, 5.74) is 5.06. The van der Waals surface area contributed by atoms with E-state index in [1.54, 1.807) is 30.1 Å². The molecular weight excluding hydrogens is 404 g/mol. The van der Waals surface area contributed by atoms with Crippen molar-refractivity contribution in [3.8, 4) is 5.75 Å². The highest BCUT2D eigenvalue weighted by Crippen LogP contribution is 2.24. The van der Waals surface area contributed by atoms with Crippen molar-refractivity contribution in [1.29, 1.82) is 0 Å². The van der Waals surface area contributed by atoms with Crippen molar-refractivity contribution in [1.82, 2.24) is 5.43 Å². The molecule has 0 aliphatic rings. The molecule has 148 valence electrons. The van der Waals surface area contributed by atoms with E-state index in [0.29, 0.717) is 12.2 Å². The lowest BCUT2D eigenvalue weighted by atomic mass is 10.1. The molecule has 0 heterocycles. The lowest BCUT2D eigenvalue weighted by Crippen LogP contribution is -2.17. The molecule has 0 bridgehead atoms. The molecule has 0 saturated heterocycles. The minimum absolute atomic E-state index is 0.257. The van der Waals surface area contributed by atoms with E-state index in [2.05, 4.69) is 10.5 Å². The van der Waals surface area contributed by atoms with Crippen molar-refractivity contribution in [2.75, 3.05) is 6.61 Å². The number of halogens is 1. The van der Waals surface area contributed by atoms with Gasteiger partial charge in [0, 0.05) is 26.8 Å². The fraction of sp³-hybridized carbons (Fsp3) is 0.130. The zero-order valence-electron chi connectivity index (χ0n) is 16.0. The summed E-state index contributed by atoms with van der Waals surface area (Å²) in [5.74, 6) is 1.29. The lowest BCUT2D eigenvalue weighted by Gasteiger charge is -2.06. The number of ether oxygens (including phenoxy) is 1. The second-order valence-electron chi connectivity index (χ2n) is 6.11. The van der Waals surface area contributed by atoms with Gasteiger partial charge in [0.1, 0.15) is 5.75 Å². The summed E-state index contributed by atoms with van der Waals surface area (Å²) in [4.78, 5) is 13.4. The van der Waals surface area contributed by atoms with Crippen LogP contribution in [0.5, 0.6) is 5.75 Å². The largest absolute Gasteiger partial charge is 0.493 e. The Balaban J connectivity index is 1.54. The van der Waals surface area contributed by atoms with Gasteiger partial charge in [-0.25, -0.2) is 5.43 Å². The Morgan fingerprint density at radius 2 is 1.79 bits per heavy atom. The first-order valence-corrected chi connectivity index (χ1v) is 10.5. The summed E-state index contributed by atoms with van der Waals surface area (Å²) >= 11 is 7.62. The van der Waals surface area contributed by atoms with Crippen molar-refractivity contribution in [2.24, 2.45) is 5.10 Å². The highest BCUT2D eigenvalue weighted by atomic mass is 35.5. The van der Waals surface area contributed by atoms with Crippen LogP contribution in [0.15, 0.2) is 82.8 Å². The average molecular weight is 425 g/mol. The fourth-order valence-electron chi connectivity index (χ4n) is 2.55. The number of thioether (sulfide) groups is 1. The summed E-state index contributed by atoms with van der Waals surface area (Å²) in [6, 6.07) is 22.8. The van der Waals surface area contributed by atoms with Crippen molar-refractivity contribution in [3.63, 3.8) is 0 Å². The third-order valence-electron chi connectivity index (χ3n) is 4.02. The number of carbonyl (C=O) groups excluding carboxylic acids is 1. The molecule has 3 aromatic carbocycles. The summed E-state index contributed by atoms with van der Waals surface area (Å²) in [7, 11) is 0. The average Bonchev–Trinajstić information content (AvgIpc) is 2.75. The number of nitrogens with zero attached hydrogens (tertiary/aromatic N) is 1. The van der Waals surface area contributed by atoms with Crippen LogP contribution in [-0.2, 0) is 5.75 Å².